The molecule has 30 heavy (non-hydrogen) atoms. The van der Waals surface area contributed by atoms with Crippen LogP contribution in [0.4, 0.5) is 0 Å². The van der Waals surface area contributed by atoms with E-state index in [1.54, 1.807) is 25.3 Å². The maximum atomic E-state index is 12.6. The summed E-state index contributed by atoms with van der Waals surface area (Å²) in [5, 5.41) is 9.18. The molecule has 8 heteroatoms. The lowest BCUT2D eigenvalue weighted by molar-refractivity contribution is -0.144. The van der Waals surface area contributed by atoms with E-state index in [1.165, 1.54) is 12.5 Å². The van der Waals surface area contributed by atoms with Gasteiger partial charge in [0.15, 0.2) is 11.5 Å². The van der Waals surface area contributed by atoms with Crippen molar-refractivity contribution >= 4 is 46.3 Å². The molecule has 0 unspecified atom stereocenters. The number of hydrogen-bond donors (Lipinski definition) is 1. The van der Waals surface area contributed by atoms with Gasteiger partial charge in [-0.1, -0.05) is 60.4 Å². The van der Waals surface area contributed by atoms with Crippen LogP contribution in [0.1, 0.15) is 18.1 Å². The summed E-state index contributed by atoms with van der Waals surface area (Å²) in [6.45, 7) is 1.94. The number of benzene rings is 2. The van der Waals surface area contributed by atoms with E-state index in [4.69, 9.17) is 21.7 Å². The molecule has 3 rings (SSSR count). The second-order valence-corrected chi connectivity index (χ2v) is 8.24. The molecule has 1 atom stereocenters. The van der Waals surface area contributed by atoms with E-state index in [1.807, 2.05) is 36.4 Å². The van der Waals surface area contributed by atoms with Crippen molar-refractivity contribution in [3.63, 3.8) is 0 Å². The topological polar surface area (TPSA) is 76.1 Å². The largest absolute Gasteiger partial charge is 0.493 e. The van der Waals surface area contributed by atoms with Gasteiger partial charge in [-0.3, -0.25) is 9.69 Å². The van der Waals surface area contributed by atoms with Gasteiger partial charge in [0.05, 0.1) is 18.6 Å². The number of carboxylic acids is 1. The molecule has 2 aromatic carbocycles. The van der Waals surface area contributed by atoms with Gasteiger partial charge in [-0.2, -0.15) is 0 Å². The van der Waals surface area contributed by atoms with Crippen LogP contribution in [-0.4, -0.2) is 46.0 Å². The zero-order chi connectivity index (χ0) is 21.7. The molecule has 1 N–H and O–H groups in total. The number of carbonyl (C=O) groups is 2. The Morgan fingerprint density at radius 3 is 2.63 bits per heavy atom. The van der Waals surface area contributed by atoms with Crippen LogP contribution in [-0.2, 0) is 16.0 Å². The number of hydrogen-bond acceptors (Lipinski definition) is 6. The van der Waals surface area contributed by atoms with Gasteiger partial charge in [-0.15, -0.1) is 0 Å². The van der Waals surface area contributed by atoms with Crippen LogP contribution in [0.3, 0.4) is 0 Å². The Morgan fingerprint density at radius 2 is 1.97 bits per heavy atom. The predicted octanol–water partition coefficient (Wildman–Crippen LogP) is 3.99. The number of ether oxygens (including phenoxy) is 2. The van der Waals surface area contributed by atoms with Crippen molar-refractivity contribution in [2.75, 3.05) is 13.7 Å². The number of rotatable bonds is 8. The summed E-state index contributed by atoms with van der Waals surface area (Å²) < 4.78 is 11.5. The van der Waals surface area contributed by atoms with Gasteiger partial charge in [0, 0.05) is 6.42 Å². The standard InChI is InChI=1S/C22H21NO5S2/c1-14(21(25)26)23-20(24)19(30-22(23)29)13-16-8-9-17(18(12-16)27-2)28-11-10-15-6-4-3-5-7-15/h3-9,12-14H,10-11H2,1-2H3,(H,25,26)/b19-13-/t14-/m1/s1. The quantitative estimate of drug-likeness (QED) is 0.488. The molecule has 0 bridgehead atoms. The van der Waals surface area contributed by atoms with E-state index >= 15 is 0 Å². The van der Waals surface area contributed by atoms with Crippen molar-refractivity contribution in [3.8, 4) is 11.5 Å². The summed E-state index contributed by atoms with van der Waals surface area (Å²) in [6.07, 6.45) is 2.44. The number of thiocarbonyl (C=S) groups is 1. The van der Waals surface area contributed by atoms with E-state index in [0.717, 1.165) is 28.6 Å². The lowest BCUT2D eigenvalue weighted by Gasteiger charge is -2.18. The first-order valence-corrected chi connectivity index (χ1v) is 10.5. The number of nitrogens with zero attached hydrogens (tertiary/aromatic N) is 1. The smallest absolute Gasteiger partial charge is 0.326 e. The van der Waals surface area contributed by atoms with Crippen LogP contribution < -0.4 is 9.47 Å². The van der Waals surface area contributed by atoms with Gasteiger partial charge in [0.1, 0.15) is 10.4 Å². The Kier molecular flexibility index (Phi) is 7.12. The minimum absolute atomic E-state index is 0.231. The SMILES string of the molecule is COc1cc(/C=C2\SC(=S)N([C@H](C)C(=O)O)C2=O)ccc1OCCc1ccccc1. The van der Waals surface area contributed by atoms with Gasteiger partial charge < -0.3 is 14.6 Å². The maximum Gasteiger partial charge on any atom is 0.326 e. The number of carboxylic acid groups (broad SMARTS) is 1. The lowest BCUT2D eigenvalue weighted by atomic mass is 10.1. The molecule has 2 aromatic rings. The Balaban J connectivity index is 1.72. The fraction of sp³-hybridized carbons (Fsp3) is 0.227. The van der Waals surface area contributed by atoms with Crippen molar-refractivity contribution in [1.29, 1.82) is 0 Å². The number of thioether (sulfide) groups is 1. The van der Waals surface area contributed by atoms with Crippen LogP contribution in [0.25, 0.3) is 6.08 Å². The third-order valence-corrected chi connectivity index (χ3v) is 5.88. The lowest BCUT2D eigenvalue weighted by Crippen LogP contribution is -2.41. The molecule has 0 aliphatic carbocycles. The van der Waals surface area contributed by atoms with Crippen LogP contribution in [0.5, 0.6) is 11.5 Å². The normalized spacial score (nSPS) is 16.1. The van der Waals surface area contributed by atoms with Crippen molar-refractivity contribution in [1.82, 2.24) is 4.90 Å². The van der Waals surface area contributed by atoms with E-state index < -0.39 is 17.9 Å². The highest BCUT2D eigenvalue weighted by Crippen LogP contribution is 2.35. The summed E-state index contributed by atoms with van der Waals surface area (Å²) >= 11 is 6.27. The van der Waals surface area contributed by atoms with Gasteiger partial charge >= 0.3 is 5.97 Å². The van der Waals surface area contributed by atoms with Crippen molar-refractivity contribution in [3.05, 3.63) is 64.6 Å². The van der Waals surface area contributed by atoms with Crippen LogP contribution in [0.2, 0.25) is 0 Å². The van der Waals surface area contributed by atoms with Crippen molar-refractivity contribution < 1.29 is 24.2 Å². The molecular formula is C22H21NO5S2. The molecular weight excluding hydrogens is 422 g/mol. The molecule has 1 fully saturated rings. The fourth-order valence-corrected chi connectivity index (χ4v) is 4.31. The maximum absolute atomic E-state index is 12.6. The number of amides is 1. The Labute approximate surface area is 184 Å². The second-order valence-electron chi connectivity index (χ2n) is 6.56. The Morgan fingerprint density at radius 1 is 1.23 bits per heavy atom. The summed E-state index contributed by atoms with van der Waals surface area (Å²) in [7, 11) is 1.55. The molecule has 0 saturated carbocycles. The molecule has 1 heterocycles. The van der Waals surface area contributed by atoms with E-state index in [2.05, 4.69) is 0 Å². The molecule has 0 spiro atoms. The van der Waals surface area contributed by atoms with Crippen molar-refractivity contribution in [2.45, 2.75) is 19.4 Å². The van der Waals surface area contributed by atoms with E-state index in [0.29, 0.717) is 23.0 Å². The zero-order valence-corrected chi connectivity index (χ0v) is 18.2. The van der Waals surface area contributed by atoms with Crippen LogP contribution in [0.15, 0.2) is 53.4 Å². The molecule has 1 aliphatic heterocycles. The first kappa shape index (κ1) is 21.9. The molecule has 0 radical (unpaired) electrons. The first-order valence-electron chi connectivity index (χ1n) is 9.25. The third-order valence-electron chi connectivity index (χ3n) is 4.54. The molecule has 1 saturated heterocycles. The van der Waals surface area contributed by atoms with E-state index in [9.17, 15) is 14.7 Å². The highest BCUT2D eigenvalue weighted by molar-refractivity contribution is 8.26. The highest BCUT2D eigenvalue weighted by Gasteiger charge is 2.38. The molecule has 1 aliphatic rings. The fourth-order valence-electron chi connectivity index (χ4n) is 2.89. The van der Waals surface area contributed by atoms with Crippen LogP contribution >= 0.6 is 24.0 Å². The van der Waals surface area contributed by atoms with Crippen LogP contribution in [0, 0.1) is 0 Å². The first-order chi connectivity index (χ1) is 14.4. The van der Waals surface area contributed by atoms with E-state index in [-0.39, 0.29) is 4.32 Å². The molecule has 156 valence electrons. The minimum atomic E-state index is -1.11. The zero-order valence-electron chi connectivity index (χ0n) is 16.5. The Hall–Kier alpha value is -2.84. The minimum Gasteiger partial charge on any atom is -0.493 e. The summed E-state index contributed by atoms with van der Waals surface area (Å²) in [5.74, 6) is -0.364. The molecule has 1 amide bonds. The van der Waals surface area contributed by atoms with Crippen molar-refractivity contribution in [2.24, 2.45) is 0 Å². The number of aliphatic carboxylic acids is 1. The number of methoxy groups -OCH3 is 1. The van der Waals surface area contributed by atoms with Gasteiger partial charge in [-0.05, 0) is 36.3 Å². The second kappa shape index (κ2) is 9.77. The predicted molar refractivity (Wildman–Crippen MR) is 121 cm³/mol. The summed E-state index contributed by atoms with van der Waals surface area (Å²) in [5.41, 5.74) is 1.91. The van der Waals surface area contributed by atoms with Gasteiger partial charge in [0.25, 0.3) is 5.91 Å². The number of carbonyl (C=O) groups excluding carboxylic acids is 1. The molecule has 0 aromatic heterocycles. The highest BCUT2D eigenvalue weighted by atomic mass is 32.2. The summed E-state index contributed by atoms with van der Waals surface area (Å²) in [4.78, 5) is 25.3. The monoisotopic (exact) mass is 443 g/mol. The summed E-state index contributed by atoms with van der Waals surface area (Å²) in [6, 6.07) is 14.4. The third kappa shape index (κ3) is 5.01. The molecule has 6 nitrogen and oxygen atoms in total. The van der Waals surface area contributed by atoms with Gasteiger partial charge in [0.2, 0.25) is 0 Å². The average Bonchev–Trinajstić information content (AvgIpc) is 3.01. The average molecular weight is 444 g/mol. The van der Waals surface area contributed by atoms with Gasteiger partial charge in [-0.25, -0.2) is 4.79 Å². The Bertz CT molecular complexity index is 990.